The molecular weight excluding hydrogens is 260 g/mol. The molecule has 0 unspecified atom stereocenters. The van der Waals surface area contributed by atoms with Gasteiger partial charge in [0.2, 0.25) is 0 Å². The summed E-state index contributed by atoms with van der Waals surface area (Å²) in [6, 6.07) is 0. The maximum absolute atomic E-state index is 12.2. The van der Waals surface area contributed by atoms with Crippen LogP contribution in [0.4, 0.5) is 0 Å². The number of ether oxygens (including phenoxy) is 2. The van der Waals surface area contributed by atoms with Gasteiger partial charge in [0.05, 0.1) is 13.2 Å². The van der Waals surface area contributed by atoms with Gasteiger partial charge in [-0.2, -0.15) is 0 Å². The molecule has 20 heavy (non-hydrogen) atoms. The highest BCUT2D eigenvalue weighted by atomic mass is 16.6. The van der Waals surface area contributed by atoms with Crippen molar-refractivity contribution in [1.82, 2.24) is 0 Å². The summed E-state index contributed by atoms with van der Waals surface area (Å²) in [4.78, 5) is 23.7. The monoisotopic (exact) mass is 276 g/mol. The lowest BCUT2D eigenvalue weighted by atomic mass is 9.61. The molecule has 5 atom stereocenters. The Bertz CT molecular complexity index is 597. The van der Waals surface area contributed by atoms with Crippen molar-refractivity contribution in [2.75, 3.05) is 13.2 Å². The Morgan fingerprint density at radius 2 is 2.20 bits per heavy atom. The molecule has 2 aliphatic heterocycles. The number of hydrogen-bond acceptors (Lipinski definition) is 4. The predicted octanol–water partition coefficient (Wildman–Crippen LogP) is 1.15. The van der Waals surface area contributed by atoms with Gasteiger partial charge in [-0.1, -0.05) is 24.6 Å². The van der Waals surface area contributed by atoms with Crippen molar-refractivity contribution < 1.29 is 24.2 Å². The smallest absolute Gasteiger partial charge is 0.341 e. The number of carboxylic acid groups (broad SMARTS) is 1. The topological polar surface area (TPSA) is 76.1 Å². The van der Waals surface area contributed by atoms with Gasteiger partial charge in [0.25, 0.3) is 0 Å². The van der Waals surface area contributed by atoms with Crippen molar-refractivity contribution in [3.05, 3.63) is 23.3 Å². The lowest BCUT2D eigenvalue weighted by Gasteiger charge is -2.43. The van der Waals surface area contributed by atoms with E-state index in [4.69, 9.17) is 9.47 Å². The third-order valence-corrected chi connectivity index (χ3v) is 5.68. The maximum atomic E-state index is 12.2. The van der Waals surface area contributed by atoms with Crippen LogP contribution in [0.5, 0.6) is 0 Å². The molecule has 5 nitrogen and oxygen atoms in total. The zero-order valence-electron chi connectivity index (χ0n) is 11.4. The minimum Gasteiger partial charge on any atom is -0.478 e. The Labute approximate surface area is 116 Å². The number of cyclic esters (lactones) is 1. The fourth-order valence-electron chi connectivity index (χ4n) is 4.49. The highest BCUT2D eigenvalue weighted by molar-refractivity contribution is 5.92. The van der Waals surface area contributed by atoms with Crippen LogP contribution in [-0.2, 0) is 19.1 Å². The predicted molar refractivity (Wildman–Crippen MR) is 67.7 cm³/mol. The summed E-state index contributed by atoms with van der Waals surface area (Å²) in [7, 11) is 0. The minimum atomic E-state index is -0.958. The normalized spacial score (nSPS) is 48.3. The molecule has 0 aromatic heterocycles. The molecule has 0 aromatic rings. The number of aliphatic carboxylic acids is 1. The van der Waals surface area contributed by atoms with Crippen LogP contribution in [0.15, 0.2) is 23.3 Å². The van der Waals surface area contributed by atoms with E-state index in [1.165, 1.54) is 5.57 Å². The molecule has 4 aliphatic rings. The van der Waals surface area contributed by atoms with Crippen LogP contribution >= 0.6 is 0 Å². The number of epoxide rings is 1. The Kier molecular flexibility index (Phi) is 2.03. The third-order valence-electron chi connectivity index (χ3n) is 5.68. The molecule has 4 rings (SSSR count). The van der Waals surface area contributed by atoms with Crippen LogP contribution in [0.1, 0.15) is 13.8 Å². The molecule has 1 N–H and O–H groups in total. The average Bonchev–Trinajstić information content (AvgIpc) is 3.07. The standard InChI is InChI=1S/C15H16O5/c1-7-4-14-10(8(7)2)3-9(12(16)17)11(14)5-19-13(18)15(14)6-20-15/h3-4,8,10-11H,5-6H2,1-2H3,(H,16,17)/t8-,10-,11-,14+,15+/m1/s1. The molecule has 0 radical (unpaired) electrons. The first kappa shape index (κ1) is 12.1. The Morgan fingerprint density at radius 1 is 1.50 bits per heavy atom. The van der Waals surface area contributed by atoms with Crippen LogP contribution in [0, 0.1) is 23.2 Å². The third kappa shape index (κ3) is 1.06. The molecule has 2 aliphatic carbocycles. The molecule has 2 heterocycles. The molecule has 2 saturated heterocycles. The molecule has 0 saturated carbocycles. The number of carboxylic acids is 1. The summed E-state index contributed by atoms with van der Waals surface area (Å²) in [5, 5.41) is 9.44. The average molecular weight is 276 g/mol. The van der Waals surface area contributed by atoms with Crippen molar-refractivity contribution >= 4 is 11.9 Å². The van der Waals surface area contributed by atoms with E-state index in [-0.39, 0.29) is 30.3 Å². The summed E-state index contributed by atoms with van der Waals surface area (Å²) in [5.74, 6) is -1.33. The van der Waals surface area contributed by atoms with E-state index in [1.807, 2.05) is 13.0 Å². The summed E-state index contributed by atoms with van der Waals surface area (Å²) < 4.78 is 10.8. The minimum absolute atomic E-state index is 0.00829. The summed E-state index contributed by atoms with van der Waals surface area (Å²) in [6.07, 6.45) is 3.92. The summed E-state index contributed by atoms with van der Waals surface area (Å²) in [5.41, 5.74) is 0.0538. The molecule has 2 fully saturated rings. The quantitative estimate of drug-likeness (QED) is 0.442. The zero-order valence-corrected chi connectivity index (χ0v) is 11.4. The van der Waals surface area contributed by atoms with Crippen LogP contribution in [0.2, 0.25) is 0 Å². The molecule has 5 heteroatoms. The van der Waals surface area contributed by atoms with E-state index in [9.17, 15) is 14.7 Å². The summed E-state index contributed by atoms with van der Waals surface area (Å²) in [6.45, 7) is 4.59. The van der Waals surface area contributed by atoms with Crippen molar-refractivity contribution in [1.29, 1.82) is 0 Å². The largest absolute Gasteiger partial charge is 0.478 e. The number of rotatable bonds is 1. The van der Waals surface area contributed by atoms with Crippen molar-refractivity contribution in [2.24, 2.45) is 23.2 Å². The number of hydrogen-bond donors (Lipinski definition) is 1. The van der Waals surface area contributed by atoms with Crippen molar-refractivity contribution in [3.8, 4) is 0 Å². The van der Waals surface area contributed by atoms with Gasteiger partial charge in [-0.15, -0.1) is 0 Å². The van der Waals surface area contributed by atoms with Gasteiger partial charge in [-0.05, 0) is 18.8 Å². The van der Waals surface area contributed by atoms with E-state index in [0.29, 0.717) is 12.2 Å². The van der Waals surface area contributed by atoms with Gasteiger partial charge in [-0.3, -0.25) is 0 Å². The lowest BCUT2D eigenvalue weighted by Crippen LogP contribution is -2.56. The fraction of sp³-hybridized carbons (Fsp3) is 0.600. The van der Waals surface area contributed by atoms with E-state index in [1.54, 1.807) is 0 Å². The number of carbonyl (C=O) groups is 2. The number of carbonyl (C=O) groups excluding carboxylic acids is 1. The first-order valence-corrected chi connectivity index (χ1v) is 6.89. The van der Waals surface area contributed by atoms with Crippen molar-refractivity contribution in [3.63, 3.8) is 0 Å². The second-order valence-electron chi connectivity index (χ2n) is 6.33. The van der Waals surface area contributed by atoms with Crippen LogP contribution < -0.4 is 0 Å². The first-order valence-electron chi connectivity index (χ1n) is 6.89. The van der Waals surface area contributed by atoms with Gasteiger partial charge >= 0.3 is 11.9 Å². The molecule has 0 bridgehead atoms. The van der Waals surface area contributed by atoms with E-state index in [0.717, 1.165) is 0 Å². The van der Waals surface area contributed by atoms with Crippen LogP contribution in [-0.4, -0.2) is 35.9 Å². The van der Waals surface area contributed by atoms with Gasteiger partial charge in [0.1, 0.15) is 0 Å². The Balaban J connectivity index is 1.92. The number of allylic oxidation sites excluding steroid dienone is 2. The molecule has 2 spiro atoms. The Hall–Kier alpha value is -1.62. The van der Waals surface area contributed by atoms with E-state index >= 15 is 0 Å². The van der Waals surface area contributed by atoms with Gasteiger partial charge < -0.3 is 14.6 Å². The van der Waals surface area contributed by atoms with Crippen molar-refractivity contribution in [2.45, 2.75) is 19.4 Å². The maximum Gasteiger partial charge on any atom is 0.341 e. The SMILES string of the molecule is CC1=C[C@]23[C@H](COC(=O)[C@@]24CO4)C(C(=O)O)=C[C@@H]3[C@@H]1C. The van der Waals surface area contributed by atoms with E-state index < -0.39 is 17.0 Å². The second-order valence-corrected chi connectivity index (χ2v) is 6.33. The zero-order chi connectivity index (χ0) is 14.3. The number of esters is 1. The van der Waals surface area contributed by atoms with Gasteiger partial charge in [0, 0.05) is 16.9 Å². The highest BCUT2D eigenvalue weighted by Crippen LogP contribution is 2.68. The van der Waals surface area contributed by atoms with Gasteiger partial charge in [0.15, 0.2) is 5.60 Å². The lowest BCUT2D eigenvalue weighted by molar-refractivity contribution is -0.170. The second kappa shape index (κ2) is 3.34. The molecular formula is C15H16O5. The molecule has 0 amide bonds. The van der Waals surface area contributed by atoms with Gasteiger partial charge in [-0.25, -0.2) is 9.59 Å². The highest BCUT2D eigenvalue weighted by Gasteiger charge is 2.78. The van der Waals surface area contributed by atoms with Crippen LogP contribution in [0.25, 0.3) is 0 Å². The molecule has 0 aromatic carbocycles. The first-order chi connectivity index (χ1) is 9.44. The summed E-state index contributed by atoms with van der Waals surface area (Å²) >= 11 is 0. The van der Waals surface area contributed by atoms with E-state index in [2.05, 4.69) is 13.0 Å². The fourth-order valence-corrected chi connectivity index (χ4v) is 4.49. The Morgan fingerprint density at radius 3 is 2.80 bits per heavy atom. The van der Waals surface area contributed by atoms with Crippen LogP contribution in [0.3, 0.4) is 0 Å². The molecule has 106 valence electrons.